The van der Waals surface area contributed by atoms with Gasteiger partial charge >= 0.3 is 0 Å². The van der Waals surface area contributed by atoms with Crippen molar-refractivity contribution in [1.29, 1.82) is 0 Å². The average molecular weight is 301 g/mol. The van der Waals surface area contributed by atoms with Crippen molar-refractivity contribution >= 4 is 11.7 Å². The number of amides is 1. The minimum absolute atomic E-state index is 0.0684. The van der Waals surface area contributed by atoms with Crippen LogP contribution in [0, 0.1) is 5.92 Å². The van der Waals surface area contributed by atoms with Crippen LogP contribution in [-0.2, 0) is 16.6 Å². The molecule has 1 amide bonds. The van der Waals surface area contributed by atoms with Crippen molar-refractivity contribution in [2.45, 2.75) is 49.5 Å². The zero-order chi connectivity index (χ0) is 15.7. The van der Waals surface area contributed by atoms with Crippen molar-refractivity contribution in [3.8, 4) is 5.75 Å². The highest BCUT2D eigenvalue weighted by molar-refractivity contribution is 5.96. The molecule has 4 N–H and O–H groups in total. The molecule has 5 nitrogen and oxygen atoms in total. The summed E-state index contributed by atoms with van der Waals surface area (Å²) in [5, 5.41) is 21.8. The Morgan fingerprint density at radius 3 is 2.82 bits per heavy atom. The standard InChI is InChI=1S/C17H19NO4/c18-15(21)12-2-1-10-5-9-6-16(13(10)14(12)20)8-11(19)3-4-17(16,22)7-9/h1-2,9,20,22H,3-8H2,(H2,18,21). The normalized spacial score (nSPS) is 35.9. The quantitative estimate of drug-likeness (QED) is 0.725. The Morgan fingerprint density at radius 1 is 1.32 bits per heavy atom. The fraction of sp³-hybridized carbons (Fsp3) is 0.529. The van der Waals surface area contributed by atoms with Crippen molar-refractivity contribution in [2.24, 2.45) is 11.7 Å². The summed E-state index contributed by atoms with van der Waals surface area (Å²) in [7, 11) is 0. The van der Waals surface area contributed by atoms with E-state index in [-0.39, 0.29) is 23.5 Å². The highest BCUT2D eigenvalue weighted by atomic mass is 16.3. The molecule has 0 aliphatic heterocycles. The van der Waals surface area contributed by atoms with Crippen LogP contribution in [0.1, 0.15) is 53.6 Å². The molecule has 0 heterocycles. The molecular formula is C17H19NO4. The third-order valence-corrected chi connectivity index (χ3v) is 5.99. The second-order valence-electron chi connectivity index (χ2n) is 7.17. The molecule has 1 aromatic carbocycles. The maximum atomic E-state index is 12.1. The number of primary amides is 1. The molecule has 0 aromatic heterocycles. The summed E-state index contributed by atoms with van der Waals surface area (Å²) >= 11 is 0. The maximum absolute atomic E-state index is 12.1. The summed E-state index contributed by atoms with van der Waals surface area (Å²) in [4.78, 5) is 23.6. The van der Waals surface area contributed by atoms with Crippen LogP contribution in [0.15, 0.2) is 12.1 Å². The summed E-state index contributed by atoms with van der Waals surface area (Å²) in [6, 6.07) is 3.36. The number of Topliss-reactive ketones (excluding diaryl/α,β-unsaturated/α-hetero) is 1. The predicted octanol–water partition coefficient (Wildman–Crippen LogP) is 1.18. The van der Waals surface area contributed by atoms with E-state index in [0.717, 1.165) is 12.0 Å². The molecular weight excluding hydrogens is 282 g/mol. The molecule has 3 aliphatic rings. The van der Waals surface area contributed by atoms with Crippen LogP contribution in [0.4, 0.5) is 0 Å². The van der Waals surface area contributed by atoms with E-state index in [9.17, 15) is 19.8 Å². The molecule has 3 aliphatic carbocycles. The SMILES string of the molecule is NC(=O)c1ccc2c(c1O)C13CC(=O)CCC1(O)CC(C2)C3. The summed E-state index contributed by atoms with van der Waals surface area (Å²) in [6.45, 7) is 0. The molecule has 1 spiro atoms. The van der Waals surface area contributed by atoms with Gasteiger partial charge in [0.2, 0.25) is 0 Å². The number of hydrogen-bond acceptors (Lipinski definition) is 4. The van der Waals surface area contributed by atoms with Gasteiger partial charge in [-0.05, 0) is 43.2 Å². The average Bonchev–Trinajstić information content (AvgIpc) is 2.65. The van der Waals surface area contributed by atoms with Gasteiger partial charge < -0.3 is 15.9 Å². The Morgan fingerprint density at radius 2 is 2.09 bits per heavy atom. The van der Waals surface area contributed by atoms with Gasteiger partial charge in [0.1, 0.15) is 11.5 Å². The summed E-state index contributed by atoms with van der Waals surface area (Å²) < 4.78 is 0. The fourth-order valence-electron chi connectivity index (χ4n) is 5.19. The van der Waals surface area contributed by atoms with E-state index in [2.05, 4.69) is 0 Å². The van der Waals surface area contributed by atoms with E-state index in [0.29, 0.717) is 37.2 Å². The van der Waals surface area contributed by atoms with Gasteiger partial charge in [-0.3, -0.25) is 9.59 Å². The van der Waals surface area contributed by atoms with E-state index < -0.39 is 16.9 Å². The largest absolute Gasteiger partial charge is 0.507 e. The Hall–Kier alpha value is -1.88. The van der Waals surface area contributed by atoms with Crippen molar-refractivity contribution in [3.05, 3.63) is 28.8 Å². The Kier molecular flexibility index (Phi) is 2.57. The number of nitrogens with two attached hydrogens (primary N) is 1. The highest BCUT2D eigenvalue weighted by Gasteiger charge is 2.64. The summed E-state index contributed by atoms with van der Waals surface area (Å²) in [5.41, 5.74) is 5.21. The Labute approximate surface area is 128 Å². The minimum atomic E-state index is -0.968. The lowest BCUT2D eigenvalue weighted by Crippen LogP contribution is -2.52. The van der Waals surface area contributed by atoms with Gasteiger partial charge in [-0.1, -0.05) is 6.07 Å². The molecule has 3 atom stereocenters. The summed E-state index contributed by atoms with van der Waals surface area (Å²) in [6.07, 6.45) is 3.17. The first-order chi connectivity index (χ1) is 10.4. The van der Waals surface area contributed by atoms with E-state index in [4.69, 9.17) is 5.73 Å². The topological polar surface area (TPSA) is 101 Å². The molecule has 1 aromatic rings. The molecule has 2 bridgehead atoms. The van der Waals surface area contributed by atoms with Crippen LogP contribution >= 0.6 is 0 Å². The molecule has 5 heteroatoms. The minimum Gasteiger partial charge on any atom is -0.507 e. The van der Waals surface area contributed by atoms with Crippen LogP contribution < -0.4 is 5.73 Å². The lowest BCUT2D eigenvalue weighted by molar-refractivity contribution is -0.131. The smallest absolute Gasteiger partial charge is 0.252 e. The van der Waals surface area contributed by atoms with E-state index in [1.807, 2.05) is 6.07 Å². The van der Waals surface area contributed by atoms with Gasteiger partial charge in [0.05, 0.1) is 11.2 Å². The van der Waals surface area contributed by atoms with Gasteiger partial charge in [-0.2, -0.15) is 0 Å². The van der Waals surface area contributed by atoms with Crippen molar-refractivity contribution < 1.29 is 19.8 Å². The highest BCUT2D eigenvalue weighted by Crippen LogP contribution is 2.63. The van der Waals surface area contributed by atoms with Gasteiger partial charge in [-0.15, -0.1) is 0 Å². The first kappa shape index (κ1) is 13.8. The number of rotatable bonds is 1. The van der Waals surface area contributed by atoms with Gasteiger partial charge in [0.15, 0.2) is 0 Å². The van der Waals surface area contributed by atoms with E-state index in [1.54, 1.807) is 6.07 Å². The molecule has 116 valence electrons. The summed E-state index contributed by atoms with van der Waals surface area (Å²) in [5.74, 6) is -0.398. The molecule has 0 saturated heterocycles. The van der Waals surface area contributed by atoms with Crippen LogP contribution in [0.2, 0.25) is 0 Å². The van der Waals surface area contributed by atoms with Gasteiger partial charge in [-0.25, -0.2) is 0 Å². The number of carbonyl (C=O) groups is 2. The first-order valence-electron chi connectivity index (χ1n) is 7.75. The first-order valence-corrected chi connectivity index (χ1v) is 7.75. The lowest BCUT2D eigenvalue weighted by Gasteiger charge is -2.47. The van der Waals surface area contributed by atoms with Crippen LogP contribution in [0.25, 0.3) is 0 Å². The van der Waals surface area contributed by atoms with Crippen molar-refractivity contribution in [3.63, 3.8) is 0 Å². The number of carbonyl (C=O) groups excluding carboxylic acids is 2. The molecule has 4 rings (SSSR count). The van der Waals surface area contributed by atoms with Gasteiger partial charge in [0.25, 0.3) is 5.91 Å². The lowest BCUT2D eigenvalue weighted by atomic mass is 9.58. The van der Waals surface area contributed by atoms with Crippen LogP contribution in [0.5, 0.6) is 5.75 Å². The molecule has 22 heavy (non-hydrogen) atoms. The third kappa shape index (κ3) is 1.52. The number of fused-ring (bicyclic) bond motifs is 2. The second-order valence-corrected chi connectivity index (χ2v) is 7.17. The molecule has 2 fully saturated rings. The monoisotopic (exact) mass is 301 g/mol. The van der Waals surface area contributed by atoms with Gasteiger partial charge in [0, 0.05) is 23.8 Å². The number of aliphatic hydroxyl groups is 1. The number of hydrogen-bond donors (Lipinski definition) is 3. The second kappa shape index (κ2) is 4.10. The number of ketones is 1. The van der Waals surface area contributed by atoms with Crippen molar-refractivity contribution in [2.75, 3.05) is 0 Å². The molecule has 2 saturated carbocycles. The van der Waals surface area contributed by atoms with Crippen LogP contribution in [0.3, 0.4) is 0 Å². The Bertz CT molecular complexity index is 713. The van der Waals surface area contributed by atoms with Crippen molar-refractivity contribution in [1.82, 2.24) is 0 Å². The van der Waals surface area contributed by atoms with Crippen LogP contribution in [-0.4, -0.2) is 27.5 Å². The number of phenols is 1. The number of aromatic hydroxyl groups is 1. The maximum Gasteiger partial charge on any atom is 0.252 e. The Balaban J connectivity index is 2.00. The molecule has 0 radical (unpaired) electrons. The number of benzene rings is 1. The van der Waals surface area contributed by atoms with E-state index >= 15 is 0 Å². The van der Waals surface area contributed by atoms with E-state index in [1.165, 1.54) is 0 Å². The molecule has 3 unspecified atom stereocenters. The predicted molar refractivity (Wildman–Crippen MR) is 78.5 cm³/mol. The third-order valence-electron chi connectivity index (χ3n) is 5.99. The zero-order valence-electron chi connectivity index (χ0n) is 12.3. The fourth-order valence-corrected chi connectivity index (χ4v) is 5.19. The zero-order valence-corrected chi connectivity index (χ0v) is 12.3.